The Morgan fingerprint density at radius 2 is 1.60 bits per heavy atom. The highest BCUT2D eigenvalue weighted by Gasteiger charge is 2.44. The van der Waals surface area contributed by atoms with Gasteiger partial charge in [0, 0.05) is 96.4 Å². The molecule has 0 saturated carbocycles. The standard InChI is InChI=1S/C44H50ClN10O9P/c1-62-36-25-29(9-11-33(36)49-44-47-26-32(45)40(51-44)48-34-6-4-5-7-37(34)65(61,63-2)64-3)52-18-15-28(16-19-52)53-20-22-54(23-21-53)39(57)14-17-46-27-8-10-30-31(24-27)43(60)55(42(30)59)35-12-13-38(56)50-41(35)58/h4-11,24-26,28,35,46H,12-23H2,1-3H3,(H,50,56,58)(H2,47,48,49,51). The van der Waals surface area contributed by atoms with E-state index in [-0.39, 0.29) is 53.1 Å². The van der Waals surface area contributed by atoms with Crippen molar-refractivity contribution < 1.29 is 42.3 Å². The van der Waals surface area contributed by atoms with Gasteiger partial charge in [-0.05, 0) is 61.7 Å². The number of ether oxygens (including phenoxy) is 1. The SMILES string of the molecule is COc1cc(N2CCC(N3CCN(C(=O)CCNc4ccc5c(c4)C(=O)N(C4CCC(=O)NC4=O)C5=O)CC3)CC2)ccc1Nc1ncc(Cl)c(Nc2ccccc2P(=O)(OC)OC)n1. The van der Waals surface area contributed by atoms with Gasteiger partial charge < -0.3 is 39.5 Å². The zero-order chi connectivity index (χ0) is 45.8. The van der Waals surface area contributed by atoms with Gasteiger partial charge in [-0.1, -0.05) is 23.7 Å². The number of carbonyl (C=O) groups excluding carboxylic acids is 5. The van der Waals surface area contributed by atoms with Gasteiger partial charge in [0.1, 0.15) is 16.8 Å². The Balaban J connectivity index is 0.792. The second kappa shape index (κ2) is 19.6. The summed E-state index contributed by atoms with van der Waals surface area (Å²) in [5.41, 5.74) is 3.11. The van der Waals surface area contributed by atoms with Gasteiger partial charge >= 0.3 is 7.60 Å². The molecule has 0 bridgehead atoms. The third-order valence-corrected chi connectivity index (χ3v) is 14.4. The van der Waals surface area contributed by atoms with Crippen LogP contribution in [-0.4, -0.2) is 133 Å². The molecular weight excluding hydrogens is 879 g/mol. The van der Waals surface area contributed by atoms with E-state index in [9.17, 15) is 28.5 Å². The zero-order valence-electron chi connectivity index (χ0n) is 36.2. The molecule has 342 valence electrons. The molecule has 19 nitrogen and oxygen atoms in total. The second-order valence-electron chi connectivity index (χ2n) is 15.9. The van der Waals surface area contributed by atoms with Gasteiger partial charge in [-0.2, -0.15) is 4.98 Å². The quantitative estimate of drug-likeness (QED) is 0.0934. The summed E-state index contributed by atoms with van der Waals surface area (Å²) in [6.45, 7) is 4.93. The van der Waals surface area contributed by atoms with E-state index in [1.54, 1.807) is 49.6 Å². The van der Waals surface area contributed by atoms with Crippen molar-refractivity contribution in [1.82, 2.24) is 30.0 Å². The Bertz CT molecular complexity index is 2540. The molecule has 4 aliphatic rings. The molecule has 3 saturated heterocycles. The Labute approximate surface area is 380 Å². The fourth-order valence-corrected chi connectivity index (χ4v) is 10.1. The number of fused-ring (bicyclic) bond motifs is 1. The highest BCUT2D eigenvalue weighted by atomic mass is 35.5. The van der Waals surface area contributed by atoms with Crippen LogP contribution >= 0.6 is 19.2 Å². The summed E-state index contributed by atoms with van der Waals surface area (Å²) < 4.78 is 29.4. The van der Waals surface area contributed by atoms with E-state index < -0.39 is 37.3 Å². The van der Waals surface area contributed by atoms with E-state index in [2.05, 4.69) is 41.0 Å². The lowest BCUT2D eigenvalue weighted by atomic mass is 10.0. The van der Waals surface area contributed by atoms with E-state index in [1.165, 1.54) is 20.4 Å². The third-order valence-electron chi connectivity index (χ3n) is 12.2. The molecule has 1 unspecified atom stereocenters. The van der Waals surface area contributed by atoms with Crippen molar-refractivity contribution in [2.45, 2.75) is 44.2 Å². The Morgan fingerprint density at radius 3 is 2.32 bits per heavy atom. The van der Waals surface area contributed by atoms with Crippen molar-refractivity contribution in [2.24, 2.45) is 0 Å². The molecule has 4 aromatic rings. The number of hydrogen-bond acceptors (Lipinski definition) is 16. The maximum atomic E-state index is 13.2. The number of carbonyl (C=O) groups is 5. The predicted octanol–water partition coefficient (Wildman–Crippen LogP) is 4.75. The average molecular weight is 929 g/mol. The number of hydrogen-bond donors (Lipinski definition) is 4. The maximum Gasteiger partial charge on any atom is 0.362 e. The Morgan fingerprint density at radius 1 is 0.862 bits per heavy atom. The van der Waals surface area contributed by atoms with Crippen LogP contribution in [0.15, 0.2) is 66.9 Å². The summed E-state index contributed by atoms with van der Waals surface area (Å²) in [7, 11) is 0.670. The second-order valence-corrected chi connectivity index (χ2v) is 18.5. The minimum atomic E-state index is -3.58. The molecule has 5 heterocycles. The smallest absolute Gasteiger partial charge is 0.362 e. The van der Waals surface area contributed by atoms with E-state index >= 15 is 0 Å². The number of para-hydroxylation sites is 1. The van der Waals surface area contributed by atoms with Gasteiger partial charge in [0.2, 0.25) is 23.7 Å². The summed E-state index contributed by atoms with van der Waals surface area (Å²) in [6.07, 6.45) is 3.82. The first-order valence-electron chi connectivity index (χ1n) is 21.3. The molecule has 0 aliphatic carbocycles. The van der Waals surface area contributed by atoms with Gasteiger partial charge in [-0.15, -0.1) is 0 Å². The third kappa shape index (κ3) is 9.65. The van der Waals surface area contributed by atoms with Gasteiger partial charge in [0.15, 0.2) is 5.82 Å². The number of benzene rings is 3. The van der Waals surface area contributed by atoms with Crippen molar-refractivity contribution in [1.29, 1.82) is 0 Å². The van der Waals surface area contributed by atoms with Crippen LogP contribution in [0.2, 0.25) is 5.02 Å². The summed E-state index contributed by atoms with van der Waals surface area (Å²) in [4.78, 5) is 80.0. The van der Waals surface area contributed by atoms with Crippen LogP contribution in [0.5, 0.6) is 5.75 Å². The molecule has 8 rings (SSSR count). The van der Waals surface area contributed by atoms with Crippen molar-refractivity contribution in [3.63, 3.8) is 0 Å². The van der Waals surface area contributed by atoms with Crippen LogP contribution in [-0.2, 0) is 28.0 Å². The van der Waals surface area contributed by atoms with Crippen molar-refractivity contribution in [2.75, 3.05) is 88.0 Å². The summed E-state index contributed by atoms with van der Waals surface area (Å²) in [5.74, 6) is -1.02. The highest BCUT2D eigenvalue weighted by molar-refractivity contribution is 7.62. The van der Waals surface area contributed by atoms with Crippen LogP contribution < -0.4 is 36.2 Å². The fraction of sp³-hybridized carbons (Fsp3) is 0.386. The molecule has 0 radical (unpaired) electrons. The number of piperidine rings is 2. The van der Waals surface area contributed by atoms with Crippen LogP contribution in [0.3, 0.4) is 0 Å². The van der Waals surface area contributed by atoms with Gasteiger partial charge in [-0.25, -0.2) is 4.98 Å². The van der Waals surface area contributed by atoms with Crippen LogP contribution in [0.25, 0.3) is 0 Å². The van der Waals surface area contributed by atoms with Crippen molar-refractivity contribution >= 4 is 88.6 Å². The van der Waals surface area contributed by atoms with Gasteiger partial charge in [0.05, 0.1) is 41.1 Å². The number of imide groups is 2. The van der Waals surface area contributed by atoms with Gasteiger partial charge in [-0.3, -0.25) is 43.7 Å². The molecule has 5 amide bonds. The lowest BCUT2D eigenvalue weighted by Gasteiger charge is -2.43. The van der Waals surface area contributed by atoms with Crippen molar-refractivity contribution in [3.8, 4) is 5.75 Å². The fourth-order valence-electron chi connectivity index (χ4n) is 8.71. The minimum absolute atomic E-state index is 0.0405. The first kappa shape index (κ1) is 45.5. The molecule has 3 aromatic carbocycles. The highest BCUT2D eigenvalue weighted by Crippen LogP contribution is 2.47. The molecule has 4 aliphatic heterocycles. The maximum absolute atomic E-state index is 13.2. The number of nitrogens with one attached hydrogen (secondary N) is 4. The van der Waals surface area contributed by atoms with E-state index in [4.69, 9.17) is 25.4 Å². The number of nitrogens with zero attached hydrogens (tertiary/aromatic N) is 6. The molecular formula is C44H50ClN10O9P. The van der Waals surface area contributed by atoms with E-state index in [1.807, 2.05) is 23.1 Å². The number of anilines is 6. The molecule has 1 atom stereocenters. The molecule has 3 fully saturated rings. The van der Waals surface area contributed by atoms with Crippen molar-refractivity contribution in [3.05, 3.63) is 83.0 Å². The molecule has 65 heavy (non-hydrogen) atoms. The van der Waals surface area contributed by atoms with Crippen LogP contribution in [0.1, 0.15) is 52.8 Å². The first-order chi connectivity index (χ1) is 31.4. The number of halogens is 1. The average Bonchev–Trinajstić information content (AvgIpc) is 3.57. The first-order valence-corrected chi connectivity index (χ1v) is 23.2. The number of methoxy groups -OCH3 is 1. The van der Waals surface area contributed by atoms with E-state index in [0.717, 1.165) is 49.6 Å². The van der Waals surface area contributed by atoms with Crippen LogP contribution in [0.4, 0.5) is 34.5 Å². The molecule has 4 N–H and O–H groups in total. The number of aromatic nitrogens is 2. The Hall–Kier alpha value is -6.11. The minimum Gasteiger partial charge on any atom is -0.494 e. The topological polar surface area (TPSA) is 217 Å². The molecule has 1 aromatic heterocycles. The molecule has 0 spiro atoms. The summed E-state index contributed by atoms with van der Waals surface area (Å²) >= 11 is 6.48. The van der Waals surface area contributed by atoms with Crippen LogP contribution in [0, 0.1) is 0 Å². The van der Waals surface area contributed by atoms with E-state index in [0.29, 0.717) is 53.8 Å². The number of piperazine rings is 1. The summed E-state index contributed by atoms with van der Waals surface area (Å²) in [5, 5.41) is 12.4. The largest absolute Gasteiger partial charge is 0.494 e. The normalized spacial score (nSPS) is 18.4. The van der Waals surface area contributed by atoms with Gasteiger partial charge in [0.25, 0.3) is 11.8 Å². The predicted molar refractivity (Wildman–Crippen MR) is 244 cm³/mol. The number of amides is 5. The lowest BCUT2D eigenvalue weighted by Crippen LogP contribution is -2.54. The zero-order valence-corrected chi connectivity index (χ0v) is 37.8. The number of rotatable bonds is 15. The molecule has 21 heteroatoms. The Kier molecular flexibility index (Phi) is 13.7. The monoisotopic (exact) mass is 928 g/mol. The lowest BCUT2D eigenvalue weighted by molar-refractivity contribution is -0.136. The summed E-state index contributed by atoms with van der Waals surface area (Å²) in [6, 6.07) is 17.0.